The molecule has 0 aromatic carbocycles. The van der Waals surface area contributed by atoms with Crippen molar-refractivity contribution >= 4 is 6.03 Å². The van der Waals surface area contributed by atoms with Gasteiger partial charge in [-0.25, -0.2) is 4.79 Å². The molecule has 2 aromatic rings. The third-order valence-corrected chi connectivity index (χ3v) is 3.08. The Hall–Kier alpha value is -1.91. The lowest BCUT2D eigenvalue weighted by atomic mass is 10.1. The predicted molar refractivity (Wildman–Crippen MR) is 68.8 cm³/mol. The molecule has 96 valence electrons. The lowest BCUT2D eigenvalue weighted by Crippen LogP contribution is -2.23. The zero-order valence-electron chi connectivity index (χ0n) is 11.1. The molecule has 0 fully saturated rings. The van der Waals surface area contributed by atoms with Crippen LogP contribution in [0.5, 0.6) is 0 Å². The summed E-state index contributed by atoms with van der Waals surface area (Å²) < 4.78 is 2.80. The molecule has 0 saturated carbocycles. The highest BCUT2D eigenvalue weighted by Crippen LogP contribution is 2.17. The summed E-state index contributed by atoms with van der Waals surface area (Å²) in [7, 11) is 0. The molecule has 5 nitrogen and oxygen atoms in total. The third-order valence-electron chi connectivity index (χ3n) is 3.08. The second-order valence-corrected chi connectivity index (χ2v) is 4.08. The Morgan fingerprint density at radius 1 is 1.22 bits per heavy atom. The lowest BCUT2D eigenvalue weighted by molar-refractivity contribution is 0.237. The fraction of sp³-hybridized carbons (Fsp3) is 0.462. The molecule has 0 N–H and O–H groups in total. The average molecular weight is 246 g/mol. The minimum Gasteiger partial charge on any atom is -0.244 e. The van der Waals surface area contributed by atoms with Crippen molar-refractivity contribution in [1.29, 1.82) is 0 Å². The van der Waals surface area contributed by atoms with E-state index in [1.165, 1.54) is 14.9 Å². The standard InChI is InChI=1S/C13H18N4O/c1-4-10-11(5-2)15-17(12(10)6-3)13(18)16-9-7-8-14-16/h7-9H,4-6H2,1-3H3. The first kappa shape index (κ1) is 12.5. The molecule has 0 atom stereocenters. The van der Waals surface area contributed by atoms with E-state index in [0.29, 0.717) is 0 Å². The van der Waals surface area contributed by atoms with Crippen LogP contribution >= 0.6 is 0 Å². The number of aryl methyl sites for hydroxylation is 1. The van der Waals surface area contributed by atoms with E-state index in [-0.39, 0.29) is 6.03 Å². The summed E-state index contributed by atoms with van der Waals surface area (Å²) in [4.78, 5) is 12.3. The van der Waals surface area contributed by atoms with Crippen molar-refractivity contribution in [1.82, 2.24) is 19.6 Å². The Kier molecular flexibility index (Phi) is 3.60. The fourth-order valence-corrected chi connectivity index (χ4v) is 2.23. The zero-order chi connectivity index (χ0) is 13.1. The van der Waals surface area contributed by atoms with Crippen LogP contribution in [-0.2, 0) is 19.3 Å². The molecular formula is C13H18N4O. The van der Waals surface area contributed by atoms with Crippen LogP contribution in [0.15, 0.2) is 18.5 Å². The fourth-order valence-electron chi connectivity index (χ4n) is 2.23. The molecule has 0 unspecified atom stereocenters. The molecule has 0 spiro atoms. The maximum Gasteiger partial charge on any atom is 0.369 e. The Balaban J connectivity index is 2.50. The van der Waals surface area contributed by atoms with Crippen molar-refractivity contribution in [2.24, 2.45) is 0 Å². The van der Waals surface area contributed by atoms with Crippen LogP contribution in [0.25, 0.3) is 0 Å². The van der Waals surface area contributed by atoms with Crippen LogP contribution < -0.4 is 0 Å². The molecule has 2 aromatic heterocycles. The number of carbonyl (C=O) groups is 1. The number of hydrogen-bond donors (Lipinski definition) is 0. The third kappa shape index (κ3) is 1.96. The minimum absolute atomic E-state index is 0.216. The van der Waals surface area contributed by atoms with Crippen LogP contribution in [0, 0.1) is 0 Å². The van der Waals surface area contributed by atoms with E-state index >= 15 is 0 Å². The molecular weight excluding hydrogens is 228 g/mol. The van der Waals surface area contributed by atoms with E-state index in [4.69, 9.17) is 0 Å². The van der Waals surface area contributed by atoms with E-state index < -0.39 is 0 Å². The van der Waals surface area contributed by atoms with Gasteiger partial charge in [-0.05, 0) is 30.9 Å². The Morgan fingerprint density at radius 2 is 2.00 bits per heavy atom. The number of hydrogen-bond acceptors (Lipinski definition) is 3. The maximum absolute atomic E-state index is 12.3. The average Bonchev–Trinajstić information content (AvgIpc) is 3.03. The second kappa shape index (κ2) is 5.16. The monoisotopic (exact) mass is 246 g/mol. The highest BCUT2D eigenvalue weighted by molar-refractivity contribution is 5.78. The van der Waals surface area contributed by atoms with Crippen molar-refractivity contribution < 1.29 is 4.79 Å². The summed E-state index contributed by atoms with van der Waals surface area (Å²) in [6.07, 6.45) is 5.77. The van der Waals surface area contributed by atoms with E-state index in [9.17, 15) is 4.79 Å². The summed E-state index contributed by atoms with van der Waals surface area (Å²) in [5.74, 6) is 0. The molecule has 0 bridgehead atoms. The highest BCUT2D eigenvalue weighted by Gasteiger charge is 2.19. The lowest BCUT2D eigenvalue weighted by Gasteiger charge is -2.05. The van der Waals surface area contributed by atoms with Crippen molar-refractivity contribution in [3.8, 4) is 0 Å². The number of nitrogens with zero attached hydrogens (tertiary/aromatic N) is 4. The summed E-state index contributed by atoms with van der Waals surface area (Å²) in [6, 6.07) is 1.51. The number of aromatic nitrogens is 4. The van der Waals surface area contributed by atoms with Gasteiger partial charge in [-0.1, -0.05) is 20.8 Å². The Morgan fingerprint density at radius 3 is 2.50 bits per heavy atom. The van der Waals surface area contributed by atoms with Crippen molar-refractivity contribution in [3.05, 3.63) is 35.4 Å². The van der Waals surface area contributed by atoms with E-state index in [1.807, 2.05) is 6.92 Å². The molecule has 0 aliphatic rings. The highest BCUT2D eigenvalue weighted by atomic mass is 16.2. The quantitative estimate of drug-likeness (QED) is 0.835. The second-order valence-electron chi connectivity index (χ2n) is 4.08. The molecule has 2 heterocycles. The van der Waals surface area contributed by atoms with Gasteiger partial charge in [-0.2, -0.15) is 19.6 Å². The molecule has 0 aliphatic carbocycles. The smallest absolute Gasteiger partial charge is 0.244 e. The predicted octanol–water partition coefficient (Wildman–Crippen LogP) is 2.28. The van der Waals surface area contributed by atoms with E-state index in [1.54, 1.807) is 18.5 Å². The van der Waals surface area contributed by atoms with Crippen LogP contribution in [0.4, 0.5) is 4.79 Å². The minimum atomic E-state index is -0.216. The van der Waals surface area contributed by atoms with Crippen molar-refractivity contribution in [2.75, 3.05) is 0 Å². The van der Waals surface area contributed by atoms with Crippen LogP contribution in [0.3, 0.4) is 0 Å². The van der Waals surface area contributed by atoms with Gasteiger partial charge in [0.05, 0.1) is 11.4 Å². The summed E-state index contributed by atoms with van der Waals surface area (Å²) in [5.41, 5.74) is 3.20. The van der Waals surface area contributed by atoms with Gasteiger partial charge in [0.1, 0.15) is 0 Å². The molecule has 5 heteroatoms. The first-order chi connectivity index (χ1) is 8.72. The summed E-state index contributed by atoms with van der Waals surface area (Å²) in [6.45, 7) is 6.20. The van der Waals surface area contributed by atoms with Gasteiger partial charge in [0.2, 0.25) is 0 Å². The van der Waals surface area contributed by atoms with Crippen LogP contribution in [-0.4, -0.2) is 25.6 Å². The topological polar surface area (TPSA) is 52.7 Å². The van der Waals surface area contributed by atoms with Gasteiger partial charge in [0.15, 0.2) is 0 Å². The molecule has 0 amide bonds. The first-order valence-corrected chi connectivity index (χ1v) is 6.36. The molecule has 0 aliphatic heterocycles. The zero-order valence-corrected chi connectivity index (χ0v) is 11.1. The van der Waals surface area contributed by atoms with Gasteiger partial charge in [0.25, 0.3) is 0 Å². The van der Waals surface area contributed by atoms with Gasteiger partial charge >= 0.3 is 6.03 Å². The molecule has 2 rings (SSSR count). The first-order valence-electron chi connectivity index (χ1n) is 6.36. The number of rotatable bonds is 3. The van der Waals surface area contributed by atoms with Gasteiger partial charge in [-0.15, -0.1) is 0 Å². The largest absolute Gasteiger partial charge is 0.369 e. The van der Waals surface area contributed by atoms with Gasteiger partial charge < -0.3 is 0 Å². The van der Waals surface area contributed by atoms with E-state index in [0.717, 1.165) is 30.7 Å². The van der Waals surface area contributed by atoms with Crippen LogP contribution in [0.1, 0.15) is 37.7 Å². The van der Waals surface area contributed by atoms with Crippen molar-refractivity contribution in [2.45, 2.75) is 40.0 Å². The normalized spacial score (nSPS) is 10.8. The van der Waals surface area contributed by atoms with Gasteiger partial charge in [-0.3, -0.25) is 0 Å². The summed E-state index contributed by atoms with van der Waals surface area (Å²) in [5, 5.41) is 8.40. The molecule has 0 saturated heterocycles. The maximum atomic E-state index is 12.3. The summed E-state index contributed by atoms with van der Waals surface area (Å²) >= 11 is 0. The van der Waals surface area contributed by atoms with Crippen molar-refractivity contribution in [3.63, 3.8) is 0 Å². The Labute approximate surface area is 106 Å². The SMILES string of the molecule is CCc1nn(C(=O)n2cccn2)c(CC)c1CC. The van der Waals surface area contributed by atoms with E-state index in [2.05, 4.69) is 24.0 Å². The van der Waals surface area contributed by atoms with Crippen LogP contribution in [0.2, 0.25) is 0 Å². The molecule has 0 radical (unpaired) electrons. The Bertz CT molecular complexity index is 540. The molecule has 18 heavy (non-hydrogen) atoms. The van der Waals surface area contributed by atoms with Gasteiger partial charge in [0, 0.05) is 12.4 Å². The number of carbonyl (C=O) groups excluding carboxylic acids is 1.